The molecule has 3 aliphatic rings. The van der Waals surface area contributed by atoms with Crippen LogP contribution in [0.2, 0.25) is 0 Å². The standard InChI is InChI=1S/C19H26N4O2/c24-17(22-10-4-1-5-11-22)19(7-8-19)18(25)23-14-12-21(13-15-23)16-6-2-3-9-20-16/h2-3,6,9H,1,4-5,7-8,10-15H2. The van der Waals surface area contributed by atoms with Gasteiger partial charge < -0.3 is 14.7 Å². The number of amides is 2. The Morgan fingerprint density at radius 3 is 2.04 bits per heavy atom. The van der Waals surface area contributed by atoms with Crippen molar-refractivity contribution in [2.24, 2.45) is 5.41 Å². The lowest BCUT2D eigenvalue weighted by Crippen LogP contribution is -2.54. The van der Waals surface area contributed by atoms with E-state index < -0.39 is 5.41 Å². The van der Waals surface area contributed by atoms with Gasteiger partial charge in [0, 0.05) is 45.5 Å². The second-order valence-electron chi connectivity index (χ2n) is 7.40. The Morgan fingerprint density at radius 2 is 1.48 bits per heavy atom. The number of hydrogen-bond donors (Lipinski definition) is 0. The second-order valence-corrected chi connectivity index (χ2v) is 7.40. The van der Waals surface area contributed by atoms with Gasteiger partial charge in [-0.2, -0.15) is 0 Å². The predicted octanol–water partition coefficient (Wildman–Crippen LogP) is 1.52. The minimum absolute atomic E-state index is 0.0590. The fraction of sp³-hybridized carbons (Fsp3) is 0.632. The number of nitrogens with zero attached hydrogens (tertiary/aromatic N) is 4. The van der Waals surface area contributed by atoms with Crippen molar-refractivity contribution in [3.8, 4) is 0 Å². The molecule has 3 fully saturated rings. The van der Waals surface area contributed by atoms with Crippen LogP contribution in [0.15, 0.2) is 24.4 Å². The van der Waals surface area contributed by atoms with Crippen LogP contribution < -0.4 is 4.90 Å². The van der Waals surface area contributed by atoms with E-state index in [2.05, 4.69) is 9.88 Å². The van der Waals surface area contributed by atoms with Gasteiger partial charge in [0.1, 0.15) is 11.2 Å². The molecule has 1 saturated carbocycles. The van der Waals surface area contributed by atoms with Crippen LogP contribution in [0.3, 0.4) is 0 Å². The van der Waals surface area contributed by atoms with Gasteiger partial charge in [0.2, 0.25) is 11.8 Å². The van der Waals surface area contributed by atoms with Crippen LogP contribution in [-0.2, 0) is 9.59 Å². The summed E-state index contributed by atoms with van der Waals surface area (Å²) in [6, 6.07) is 5.89. The lowest BCUT2D eigenvalue weighted by Gasteiger charge is -2.38. The number of likely N-dealkylation sites (tertiary alicyclic amines) is 1. The Balaban J connectivity index is 1.38. The Hall–Kier alpha value is -2.11. The molecule has 2 amide bonds. The van der Waals surface area contributed by atoms with E-state index in [9.17, 15) is 9.59 Å². The average Bonchev–Trinajstić information content (AvgIpc) is 3.50. The van der Waals surface area contributed by atoms with Gasteiger partial charge in [0.15, 0.2) is 0 Å². The molecule has 1 aromatic heterocycles. The zero-order chi connectivity index (χ0) is 17.3. The van der Waals surface area contributed by atoms with Gasteiger partial charge in [-0.3, -0.25) is 9.59 Å². The number of rotatable bonds is 3. The highest BCUT2D eigenvalue weighted by atomic mass is 16.2. The Kier molecular flexibility index (Phi) is 4.36. The monoisotopic (exact) mass is 342 g/mol. The third-order valence-electron chi connectivity index (χ3n) is 5.75. The largest absolute Gasteiger partial charge is 0.353 e. The summed E-state index contributed by atoms with van der Waals surface area (Å²) in [5.41, 5.74) is -0.732. The van der Waals surface area contributed by atoms with Gasteiger partial charge in [-0.05, 0) is 44.2 Å². The second kappa shape index (κ2) is 6.65. The van der Waals surface area contributed by atoms with E-state index in [0.717, 1.165) is 57.7 Å². The molecule has 1 aliphatic carbocycles. The molecule has 25 heavy (non-hydrogen) atoms. The molecule has 2 aliphatic heterocycles. The van der Waals surface area contributed by atoms with Crippen molar-refractivity contribution < 1.29 is 9.59 Å². The third-order valence-corrected chi connectivity index (χ3v) is 5.75. The van der Waals surface area contributed by atoms with Gasteiger partial charge in [0.25, 0.3) is 0 Å². The van der Waals surface area contributed by atoms with Crippen molar-refractivity contribution >= 4 is 17.6 Å². The molecule has 0 atom stereocenters. The summed E-state index contributed by atoms with van der Waals surface area (Å²) in [7, 11) is 0. The van der Waals surface area contributed by atoms with E-state index >= 15 is 0 Å². The van der Waals surface area contributed by atoms with E-state index in [1.54, 1.807) is 6.20 Å². The summed E-state index contributed by atoms with van der Waals surface area (Å²) in [6.07, 6.45) is 6.57. The van der Waals surface area contributed by atoms with Crippen molar-refractivity contribution in [1.29, 1.82) is 0 Å². The molecular weight excluding hydrogens is 316 g/mol. The van der Waals surface area contributed by atoms with Gasteiger partial charge in [-0.1, -0.05) is 6.07 Å². The first kappa shape index (κ1) is 16.4. The summed E-state index contributed by atoms with van der Waals surface area (Å²) in [5, 5.41) is 0. The minimum Gasteiger partial charge on any atom is -0.353 e. The first-order chi connectivity index (χ1) is 12.2. The number of carbonyl (C=O) groups excluding carboxylic acids is 2. The van der Waals surface area contributed by atoms with Crippen LogP contribution in [-0.4, -0.2) is 65.9 Å². The average molecular weight is 342 g/mol. The van der Waals surface area contributed by atoms with Crippen molar-refractivity contribution in [3.05, 3.63) is 24.4 Å². The molecule has 0 bridgehead atoms. The highest BCUT2D eigenvalue weighted by Gasteiger charge is 2.59. The SMILES string of the molecule is O=C(N1CCCCC1)C1(C(=O)N2CCN(c3ccccn3)CC2)CC1. The first-order valence-electron chi connectivity index (χ1n) is 9.45. The Bertz CT molecular complexity index is 630. The van der Waals surface area contributed by atoms with Gasteiger partial charge >= 0.3 is 0 Å². The number of aromatic nitrogens is 1. The molecule has 4 rings (SSSR count). The van der Waals surface area contributed by atoms with Crippen LogP contribution >= 0.6 is 0 Å². The van der Waals surface area contributed by atoms with Crippen LogP contribution in [0.5, 0.6) is 0 Å². The summed E-state index contributed by atoms with van der Waals surface area (Å²) in [5.74, 6) is 1.10. The van der Waals surface area contributed by atoms with Gasteiger partial charge in [-0.25, -0.2) is 4.98 Å². The van der Waals surface area contributed by atoms with E-state index in [1.807, 2.05) is 28.0 Å². The maximum absolute atomic E-state index is 13.1. The number of piperidine rings is 1. The lowest BCUT2D eigenvalue weighted by molar-refractivity contribution is -0.150. The Labute approximate surface area is 148 Å². The van der Waals surface area contributed by atoms with Crippen LogP contribution in [0.4, 0.5) is 5.82 Å². The number of hydrogen-bond acceptors (Lipinski definition) is 4. The maximum Gasteiger partial charge on any atom is 0.238 e. The molecule has 1 aromatic rings. The minimum atomic E-state index is -0.732. The first-order valence-corrected chi connectivity index (χ1v) is 9.45. The molecule has 6 nitrogen and oxygen atoms in total. The molecule has 0 spiro atoms. The van der Waals surface area contributed by atoms with Crippen molar-refractivity contribution in [2.75, 3.05) is 44.2 Å². The summed E-state index contributed by atoms with van der Waals surface area (Å²) < 4.78 is 0. The maximum atomic E-state index is 13.1. The van der Waals surface area contributed by atoms with Crippen molar-refractivity contribution in [3.63, 3.8) is 0 Å². The summed E-state index contributed by atoms with van der Waals surface area (Å²) in [4.78, 5) is 36.4. The molecule has 0 aromatic carbocycles. The van der Waals surface area contributed by atoms with Crippen LogP contribution in [0, 0.1) is 5.41 Å². The van der Waals surface area contributed by atoms with Crippen molar-refractivity contribution in [2.45, 2.75) is 32.1 Å². The highest BCUT2D eigenvalue weighted by molar-refractivity contribution is 6.08. The number of carbonyl (C=O) groups is 2. The van der Waals surface area contributed by atoms with E-state index in [0.29, 0.717) is 13.1 Å². The molecule has 0 radical (unpaired) electrons. The van der Waals surface area contributed by atoms with E-state index in [-0.39, 0.29) is 11.8 Å². The molecule has 6 heteroatoms. The number of anilines is 1. The molecule has 134 valence electrons. The molecular formula is C19H26N4O2. The third kappa shape index (κ3) is 3.10. The van der Waals surface area contributed by atoms with E-state index in [4.69, 9.17) is 0 Å². The normalized spacial score (nSPS) is 22.6. The number of piperazine rings is 1. The highest BCUT2D eigenvalue weighted by Crippen LogP contribution is 2.49. The van der Waals surface area contributed by atoms with Gasteiger partial charge in [-0.15, -0.1) is 0 Å². The van der Waals surface area contributed by atoms with Crippen LogP contribution in [0.25, 0.3) is 0 Å². The molecule has 3 heterocycles. The smallest absolute Gasteiger partial charge is 0.238 e. The van der Waals surface area contributed by atoms with Gasteiger partial charge in [0.05, 0.1) is 0 Å². The summed E-state index contributed by atoms with van der Waals surface area (Å²) >= 11 is 0. The zero-order valence-electron chi connectivity index (χ0n) is 14.7. The van der Waals surface area contributed by atoms with Crippen molar-refractivity contribution in [1.82, 2.24) is 14.8 Å². The molecule has 2 saturated heterocycles. The topological polar surface area (TPSA) is 56.8 Å². The van der Waals surface area contributed by atoms with E-state index in [1.165, 1.54) is 6.42 Å². The fourth-order valence-electron chi connectivity index (χ4n) is 4.03. The fourth-order valence-corrected chi connectivity index (χ4v) is 4.03. The number of pyridine rings is 1. The quantitative estimate of drug-likeness (QED) is 0.782. The van der Waals surface area contributed by atoms with Crippen LogP contribution in [0.1, 0.15) is 32.1 Å². The molecule has 0 N–H and O–H groups in total. The Morgan fingerprint density at radius 1 is 0.840 bits per heavy atom. The summed E-state index contributed by atoms with van der Waals surface area (Å²) in [6.45, 7) is 4.53. The predicted molar refractivity (Wildman–Crippen MR) is 95.1 cm³/mol. The molecule has 0 unspecified atom stereocenters. The zero-order valence-corrected chi connectivity index (χ0v) is 14.7. The lowest BCUT2D eigenvalue weighted by atomic mass is 10.0.